The Hall–Kier alpha value is -2.61. The van der Waals surface area contributed by atoms with E-state index in [0.717, 1.165) is 83.4 Å². The van der Waals surface area contributed by atoms with Crippen LogP contribution in [0.5, 0.6) is 0 Å². The summed E-state index contributed by atoms with van der Waals surface area (Å²) in [5.74, 6) is -0.481. The van der Waals surface area contributed by atoms with Gasteiger partial charge in [-0.1, -0.05) is 96.0 Å². The van der Waals surface area contributed by atoms with Crippen LogP contribution in [0.25, 0.3) is 0 Å². The van der Waals surface area contributed by atoms with E-state index in [-0.39, 0.29) is 43.0 Å². The van der Waals surface area contributed by atoms with Crippen molar-refractivity contribution in [1.82, 2.24) is 20.4 Å². The number of aliphatic hydroxyl groups is 1. The number of piperidine rings is 1. The van der Waals surface area contributed by atoms with Gasteiger partial charge in [0.2, 0.25) is 11.8 Å². The van der Waals surface area contributed by atoms with Gasteiger partial charge in [-0.25, -0.2) is 0 Å². The Morgan fingerprint density at radius 1 is 0.929 bits per heavy atom. The maximum absolute atomic E-state index is 14.4. The predicted octanol–water partition coefficient (Wildman–Crippen LogP) is 5.10. The average molecular weight is 787 g/mol. The summed E-state index contributed by atoms with van der Waals surface area (Å²) in [6, 6.07) is 9.27. The highest BCUT2D eigenvalue weighted by Crippen LogP contribution is 2.30. The normalized spacial score (nSPS) is 20.3. The van der Waals surface area contributed by atoms with Gasteiger partial charge in [0, 0.05) is 52.2 Å². The summed E-state index contributed by atoms with van der Waals surface area (Å²) in [5, 5.41) is 18.3. The van der Waals surface area contributed by atoms with Crippen LogP contribution in [0.2, 0.25) is 0 Å². The molecule has 12 nitrogen and oxygen atoms in total. The maximum Gasteiger partial charge on any atom is 0.252 e. The first-order valence-electron chi connectivity index (χ1n) is 21.8. The van der Waals surface area contributed by atoms with Crippen LogP contribution in [0, 0.1) is 17.8 Å². The van der Waals surface area contributed by atoms with Gasteiger partial charge in [0.15, 0.2) is 0 Å². The Morgan fingerprint density at radius 2 is 1.64 bits per heavy atom. The zero-order valence-corrected chi connectivity index (χ0v) is 35.0. The smallest absolute Gasteiger partial charge is 0.252 e. The number of unbranched alkanes of at least 4 members (excludes halogenated alkanes) is 1. The van der Waals surface area contributed by atoms with Gasteiger partial charge in [-0.3, -0.25) is 19.3 Å². The number of nitrogens with zero attached hydrogens (tertiary/aromatic N) is 2. The first kappa shape index (κ1) is 46.1. The van der Waals surface area contributed by atoms with E-state index < -0.39 is 30.3 Å². The van der Waals surface area contributed by atoms with Gasteiger partial charge in [0.25, 0.3) is 5.91 Å². The minimum atomic E-state index is -0.914. The van der Waals surface area contributed by atoms with Gasteiger partial charge in [-0.05, 0) is 62.5 Å². The molecule has 1 aromatic carbocycles. The van der Waals surface area contributed by atoms with Crippen LogP contribution in [0.4, 0.5) is 0 Å². The number of hydrogen-bond acceptors (Lipinski definition) is 9. The second-order valence-electron chi connectivity index (χ2n) is 16.7. The molecule has 12 heteroatoms. The number of nitrogens with one attached hydrogen (secondary N) is 2. The van der Waals surface area contributed by atoms with E-state index in [1.165, 1.54) is 6.42 Å². The molecule has 5 unspecified atom stereocenters. The quantitative estimate of drug-likeness (QED) is 0.0966. The number of hydrogen-bond donors (Lipinski definition) is 3. The summed E-state index contributed by atoms with van der Waals surface area (Å²) in [5.41, 5.74) is 0.962. The highest BCUT2D eigenvalue weighted by Gasteiger charge is 2.36. The summed E-state index contributed by atoms with van der Waals surface area (Å²) in [7, 11) is 1.60. The number of methoxy groups -OCH3 is 1. The first-order chi connectivity index (χ1) is 27.2. The Morgan fingerprint density at radius 3 is 2.30 bits per heavy atom. The summed E-state index contributed by atoms with van der Waals surface area (Å²) < 4.78 is 22.9. The second-order valence-corrected chi connectivity index (χ2v) is 16.7. The van der Waals surface area contributed by atoms with Crippen LogP contribution < -0.4 is 10.6 Å². The van der Waals surface area contributed by atoms with E-state index in [1.807, 2.05) is 49.1 Å². The van der Waals surface area contributed by atoms with Gasteiger partial charge in [-0.15, -0.1) is 0 Å². The molecule has 1 aromatic rings. The number of carbonyl (C=O) groups excluding carboxylic acids is 3. The lowest BCUT2D eigenvalue weighted by Crippen LogP contribution is -2.52. The lowest BCUT2D eigenvalue weighted by Gasteiger charge is -2.36. The molecule has 2 heterocycles. The Labute approximate surface area is 337 Å². The molecule has 3 fully saturated rings. The molecule has 0 spiro atoms. The van der Waals surface area contributed by atoms with Crippen molar-refractivity contribution in [3.8, 4) is 0 Å². The van der Waals surface area contributed by atoms with Crippen LogP contribution in [0.15, 0.2) is 30.3 Å². The summed E-state index contributed by atoms with van der Waals surface area (Å²) in [6.07, 6.45) is 8.61. The van der Waals surface area contributed by atoms with Crippen molar-refractivity contribution in [2.75, 3.05) is 66.4 Å². The molecule has 0 bridgehead atoms. The topological polar surface area (TPSA) is 139 Å². The number of benzene rings is 1. The molecule has 3 N–H and O–H groups in total. The summed E-state index contributed by atoms with van der Waals surface area (Å²) >= 11 is 0. The Balaban J connectivity index is 1.46. The van der Waals surface area contributed by atoms with Crippen LogP contribution in [-0.2, 0) is 39.8 Å². The maximum atomic E-state index is 14.4. The van der Waals surface area contributed by atoms with E-state index in [2.05, 4.69) is 22.5 Å². The molecule has 318 valence electrons. The molecule has 5 atom stereocenters. The zero-order chi connectivity index (χ0) is 40.1. The lowest BCUT2D eigenvalue weighted by molar-refractivity contribution is -0.157. The van der Waals surface area contributed by atoms with Crippen LogP contribution in [0.1, 0.15) is 110 Å². The van der Waals surface area contributed by atoms with Gasteiger partial charge >= 0.3 is 0 Å². The Bertz CT molecular complexity index is 1250. The number of rotatable bonds is 24. The van der Waals surface area contributed by atoms with E-state index in [1.54, 1.807) is 7.11 Å². The van der Waals surface area contributed by atoms with Crippen molar-refractivity contribution in [3.63, 3.8) is 0 Å². The molecule has 4 rings (SSSR count). The third-order valence-electron chi connectivity index (χ3n) is 12.0. The van der Waals surface area contributed by atoms with Crippen molar-refractivity contribution in [2.45, 2.75) is 141 Å². The standard InChI is InChI=1S/C44H74N4O8/c1-5-6-18-40(56-41(30-35-16-11-8-12-17-35)44(52)48-23-19-36(20-24-48)55-32-53-4)43(51)46-38(29-34-14-9-7-10-15-34)39(49)31-37(33(2)3)42(50)45-21-13-22-47-25-27-54-28-26-47/h8,11-12,16-17,33-34,36-41,49H,5-7,9-10,13-15,18-32H2,1-4H3,(H,45,50)(H,46,51). The highest BCUT2D eigenvalue weighted by atomic mass is 16.7. The van der Waals surface area contributed by atoms with Crippen molar-refractivity contribution >= 4 is 17.7 Å². The summed E-state index contributed by atoms with van der Waals surface area (Å²) in [4.78, 5) is 46.3. The van der Waals surface area contributed by atoms with Crippen molar-refractivity contribution in [3.05, 3.63) is 35.9 Å². The Kier molecular flexibility index (Phi) is 21.1. The predicted molar refractivity (Wildman–Crippen MR) is 218 cm³/mol. The fourth-order valence-corrected chi connectivity index (χ4v) is 8.43. The van der Waals surface area contributed by atoms with Gasteiger partial charge < -0.3 is 39.6 Å². The zero-order valence-electron chi connectivity index (χ0n) is 35.0. The molecule has 0 aromatic heterocycles. The molecule has 1 aliphatic carbocycles. The molecule has 2 aliphatic heterocycles. The molecular weight excluding hydrogens is 713 g/mol. The number of carbonyl (C=O) groups is 3. The third-order valence-corrected chi connectivity index (χ3v) is 12.0. The fraction of sp³-hybridized carbons (Fsp3) is 0.795. The number of aliphatic hydroxyl groups excluding tert-OH is 1. The molecule has 56 heavy (non-hydrogen) atoms. The van der Waals surface area contributed by atoms with Gasteiger partial charge in [0.05, 0.1) is 31.5 Å². The number of likely N-dealkylation sites (tertiary alicyclic amines) is 1. The van der Waals surface area contributed by atoms with E-state index in [9.17, 15) is 19.5 Å². The lowest BCUT2D eigenvalue weighted by atomic mass is 9.81. The van der Waals surface area contributed by atoms with Crippen LogP contribution in [-0.4, -0.2) is 129 Å². The number of ether oxygens (including phenoxy) is 4. The number of morpholine rings is 1. The molecule has 3 aliphatic rings. The minimum Gasteiger partial charge on any atom is -0.391 e. The molecule has 0 radical (unpaired) electrons. The number of amides is 3. The van der Waals surface area contributed by atoms with Crippen molar-refractivity contribution in [1.29, 1.82) is 0 Å². The third kappa shape index (κ3) is 16.0. The highest BCUT2D eigenvalue weighted by molar-refractivity contribution is 5.84. The molecule has 3 amide bonds. The summed E-state index contributed by atoms with van der Waals surface area (Å²) in [6.45, 7) is 12.3. The van der Waals surface area contributed by atoms with Gasteiger partial charge in [-0.2, -0.15) is 0 Å². The van der Waals surface area contributed by atoms with Crippen molar-refractivity contribution in [2.24, 2.45) is 17.8 Å². The van der Waals surface area contributed by atoms with E-state index in [0.29, 0.717) is 57.7 Å². The van der Waals surface area contributed by atoms with E-state index in [4.69, 9.17) is 18.9 Å². The second kappa shape index (κ2) is 25.7. The SMILES string of the molecule is CCCCC(OC(Cc1ccccc1)C(=O)N1CCC(OCOC)CC1)C(=O)NC(CC1CCCCC1)C(O)CC(C(=O)NCCCN1CCOCC1)C(C)C. The molecular formula is C44H74N4O8. The van der Waals surface area contributed by atoms with Gasteiger partial charge in [0.1, 0.15) is 19.0 Å². The van der Waals surface area contributed by atoms with Crippen LogP contribution >= 0.6 is 0 Å². The largest absolute Gasteiger partial charge is 0.391 e. The first-order valence-corrected chi connectivity index (χ1v) is 21.8. The minimum absolute atomic E-state index is 0.0110. The molecule has 2 saturated heterocycles. The fourth-order valence-electron chi connectivity index (χ4n) is 8.43. The van der Waals surface area contributed by atoms with E-state index >= 15 is 0 Å². The molecule has 1 saturated carbocycles. The average Bonchev–Trinajstić information content (AvgIpc) is 3.22. The monoisotopic (exact) mass is 787 g/mol. The van der Waals surface area contributed by atoms with Crippen LogP contribution in [0.3, 0.4) is 0 Å². The van der Waals surface area contributed by atoms with Crippen molar-refractivity contribution < 1.29 is 38.4 Å².